The van der Waals surface area contributed by atoms with Crippen LogP contribution in [-0.2, 0) is 18.4 Å². The van der Waals surface area contributed by atoms with Gasteiger partial charge in [-0.25, -0.2) is 8.91 Å². The first-order valence-corrected chi connectivity index (χ1v) is 11.7. The van der Waals surface area contributed by atoms with Crippen molar-refractivity contribution in [3.8, 4) is 11.1 Å². The normalized spacial score (nSPS) is 13.3. The first-order valence-electron chi connectivity index (χ1n) is 11.7. The second-order valence-corrected chi connectivity index (χ2v) is 9.12. The fourth-order valence-electron chi connectivity index (χ4n) is 4.35. The molecule has 3 heterocycles. The van der Waals surface area contributed by atoms with E-state index in [-0.39, 0.29) is 30.1 Å². The summed E-state index contributed by atoms with van der Waals surface area (Å²) in [6.07, 6.45) is 5.42. The minimum absolute atomic E-state index is 0.0381. The number of nitrogens with zero attached hydrogens (tertiary/aromatic N) is 4. The van der Waals surface area contributed by atoms with Crippen LogP contribution in [0.5, 0.6) is 0 Å². The largest absolute Gasteiger partial charge is 0.350 e. The molecule has 8 nitrogen and oxygen atoms in total. The molecule has 2 aromatic carbocycles. The van der Waals surface area contributed by atoms with Crippen molar-refractivity contribution in [1.29, 1.82) is 0 Å². The fourth-order valence-corrected chi connectivity index (χ4v) is 4.35. The number of hydrogen-bond acceptors (Lipinski definition) is 4. The number of aromatic nitrogens is 4. The van der Waals surface area contributed by atoms with Crippen LogP contribution in [0.25, 0.3) is 27.7 Å². The van der Waals surface area contributed by atoms with Gasteiger partial charge in [-0.05, 0) is 65.9 Å². The molecule has 3 aromatic heterocycles. The molecule has 1 saturated carbocycles. The van der Waals surface area contributed by atoms with Gasteiger partial charge in [0.15, 0.2) is 5.65 Å². The zero-order valence-corrected chi connectivity index (χ0v) is 19.5. The predicted octanol–water partition coefficient (Wildman–Crippen LogP) is 4.31. The number of fused-ring (bicyclic) bond motifs is 2. The maximum absolute atomic E-state index is 13.5. The smallest absolute Gasteiger partial charge is 0.253 e. The molecular formula is C27H23FN6O2. The van der Waals surface area contributed by atoms with E-state index in [4.69, 9.17) is 0 Å². The van der Waals surface area contributed by atoms with Crippen molar-refractivity contribution in [2.75, 3.05) is 5.32 Å². The molecule has 2 N–H and O–H groups in total. The van der Waals surface area contributed by atoms with Crippen LogP contribution in [-0.4, -0.2) is 31.0 Å². The number of carbonyl (C=O) groups is 2. The lowest BCUT2D eigenvalue weighted by molar-refractivity contribution is -0.117. The Morgan fingerprint density at radius 3 is 2.72 bits per heavy atom. The summed E-state index contributed by atoms with van der Waals surface area (Å²) in [7, 11) is 1.89. The molecule has 1 fully saturated rings. The van der Waals surface area contributed by atoms with E-state index in [1.54, 1.807) is 29.0 Å². The highest BCUT2D eigenvalue weighted by molar-refractivity contribution is 6.08. The first kappa shape index (κ1) is 22.0. The number of pyridine rings is 1. The van der Waals surface area contributed by atoms with Gasteiger partial charge in [0.2, 0.25) is 11.9 Å². The number of amides is 2. The molecule has 1 aliphatic carbocycles. The quantitative estimate of drug-likeness (QED) is 0.377. The van der Waals surface area contributed by atoms with Gasteiger partial charge in [-0.15, -0.1) is 5.10 Å². The van der Waals surface area contributed by atoms with Gasteiger partial charge in [-0.3, -0.25) is 14.9 Å². The summed E-state index contributed by atoms with van der Waals surface area (Å²) in [6, 6.07) is 15.9. The van der Waals surface area contributed by atoms with Crippen LogP contribution in [0.4, 0.5) is 10.3 Å². The van der Waals surface area contributed by atoms with E-state index in [9.17, 15) is 14.0 Å². The Bertz CT molecular complexity index is 1650. The van der Waals surface area contributed by atoms with E-state index in [0.717, 1.165) is 34.9 Å². The third-order valence-electron chi connectivity index (χ3n) is 6.43. The molecule has 2 amide bonds. The number of rotatable bonds is 6. The Labute approximate surface area is 205 Å². The molecule has 0 radical (unpaired) electrons. The number of carbonyl (C=O) groups excluding carboxylic acids is 2. The highest BCUT2D eigenvalue weighted by Crippen LogP contribution is 2.30. The molecule has 0 unspecified atom stereocenters. The second-order valence-electron chi connectivity index (χ2n) is 9.12. The predicted molar refractivity (Wildman–Crippen MR) is 134 cm³/mol. The van der Waals surface area contributed by atoms with Crippen molar-refractivity contribution in [3.05, 3.63) is 83.9 Å². The van der Waals surface area contributed by atoms with Crippen molar-refractivity contribution in [2.24, 2.45) is 13.0 Å². The van der Waals surface area contributed by atoms with E-state index >= 15 is 0 Å². The van der Waals surface area contributed by atoms with E-state index in [1.165, 1.54) is 12.1 Å². The van der Waals surface area contributed by atoms with Crippen LogP contribution in [0.15, 0.2) is 67.0 Å². The molecular weight excluding hydrogens is 459 g/mol. The van der Waals surface area contributed by atoms with Crippen LogP contribution in [0.3, 0.4) is 0 Å². The van der Waals surface area contributed by atoms with E-state index in [2.05, 4.69) is 20.7 Å². The summed E-state index contributed by atoms with van der Waals surface area (Å²) in [4.78, 5) is 29.5. The molecule has 36 heavy (non-hydrogen) atoms. The van der Waals surface area contributed by atoms with Crippen LogP contribution < -0.4 is 10.6 Å². The maximum atomic E-state index is 13.5. The Balaban J connectivity index is 1.28. The van der Waals surface area contributed by atoms with Gasteiger partial charge in [0.05, 0.1) is 5.56 Å². The van der Waals surface area contributed by atoms with Gasteiger partial charge in [-0.1, -0.05) is 18.2 Å². The average molecular weight is 483 g/mol. The van der Waals surface area contributed by atoms with Crippen LogP contribution >= 0.6 is 0 Å². The van der Waals surface area contributed by atoms with Gasteiger partial charge in [0, 0.05) is 42.8 Å². The highest BCUT2D eigenvalue weighted by atomic mass is 19.1. The molecule has 180 valence electrons. The van der Waals surface area contributed by atoms with Crippen molar-refractivity contribution < 1.29 is 14.0 Å². The SMILES string of the molecule is Cn1cc(C(=O)NCc2cccc(F)c2)c2cc(-c3ccn4nc(NC(=O)C5CC5)nc4c3)ccc21. The Hall–Kier alpha value is -4.53. The standard InChI is InChI=1S/C27H23FN6O2/c1-33-15-22(26(36)29-14-16-3-2-4-20(28)11-16)21-12-18(7-8-23(21)33)19-9-10-34-24(13-19)30-27(32-34)31-25(35)17-5-6-17/h2-4,7-13,15,17H,5-6,14H2,1H3,(H,29,36)(H,31,32,35). The number of nitrogens with one attached hydrogen (secondary N) is 2. The minimum atomic E-state index is -0.335. The van der Waals surface area contributed by atoms with E-state index < -0.39 is 0 Å². The molecule has 1 aliphatic rings. The number of anilines is 1. The molecule has 5 aromatic rings. The van der Waals surface area contributed by atoms with Gasteiger partial charge < -0.3 is 9.88 Å². The zero-order chi connectivity index (χ0) is 24.8. The monoisotopic (exact) mass is 482 g/mol. The van der Waals surface area contributed by atoms with Gasteiger partial charge in [-0.2, -0.15) is 4.98 Å². The Kier molecular flexibility index (Phi) is 5.25. The molecule has 0 atom stereocenters. The third-order valence-corrected chi connectivity index (χ3v) is 6.43. The van der Waals surface area contributed by atoms with E-state index in [1.807, 2.05) is 41.9 Å². The number of hydrogen-bond donors (Lipinski definition) is 2. The van der Waals surface area contributed by atoms with Crippen molar-refractivity contribution in [1.82, 2.24) is 24.5 Å². The van der Waals surface area contributed by atoms with Crippen LogP contribution in [0.1, 0.15) is 28.8 Å². The topological polar surface area (TPSA) is 93.3 Å². The summed E-state index contributed by atoms with van der Waals surface area (Å²) in [5.74, 6) is -0.238. The Morgan fingerprint density at radius 2 is 1.92 bits per heavy atom. The lowest BCUT2D eigenvalue weighted by Crippen LogP contribution is -2.22. The van der Waals surface area contributed by atoms with Crippen molar-refractivity contribution in [2.45, 2.75) is 19.4 Å². The van der Waals surface area contributed by atoms with E-state index in [0.29, 0.717) is 22.7 Å². The lowest BCUT2D eigenvalue weighted by atomic mass is 10.0. The van der Waals surface area contributed by atoms with Crippen LogP contribution in [0.2, 0.25) is 0 Å². The van der Waals surface area contributed by atoms with Gasteiger partial charge in [0.25, 0.3) is 5.91 Å². The first-order chi connectivity index (χ1) is 17.4. The number of aryl methyl sites for hydroxylation is 1. The maximum Gasteiger partial charge on any atom is 0.253 e. The van der Waals surface area contributed by atoms with Crippen molar-refractivity contribution in [3.63, 3.8) is 0 Å². The molecule has 0 saturated heterocycles. The molecule has 0 spiro atoms. The summed E-state index contributed by atoms with van der Waals surface area (Å²) in [5, 5.41) is 10.8. The molecule has 0 bridgehead atoms. The van der Waals surface area contributed by atoms with Crippen molar-refractivity contribution >= 4 is 34.3 Å². The molecule has 0 aliphatic heterocycles. The Morgan fingerprint density at radius 1 is 1.08 bits per heavy atom. The number of halogens is 1. The van der Waals surface area contributed by atoms with Gasteiger partial charge >= 0.3 is 0 Å². The van der Waals surface area contributed by atoms with Gasteiger partial charge in [0.1, 0.15) is 5.82 Å². The fraction of sp³-hybridized carbons (Fsp3) is 0.185. The lowest BCUT2D eigenvalue weighted by Gasteiger charge is -2.06. The van der Waals surface area contributed by atoms with Crippen LogP contribution in [0, 0.1) is 11.7 Å². The average Bonchev–Trinajstić information content (AvgIpc) is 3.57. The molecule has 6 rings (SSSR count). The molecule has 9 heteroatoms. The minimum Gasteiger partial charge on any atom is -0.350 e. The highest BCUT2D eigenvalue weighted by Gasteiger charge is 2.30. The summed E-state index contributed by atoms with van der Waals surface area (Å²) >= 11 is 0. The summed E-state index contributed by atoms with van der Waals surface area (Å²) < 4.78 is 17.0. The second kappa shape index (κ2) is 8.60. The zero-order valence-electron chi connectivity index (χ0n) is 19.5. The summed E-state index contributed by atoms with van der Waals surface area (Å²) in [6.45, 7) is 0.232. The third kappa shape index (κ3) is 4.19. The summed E-state index contributed by atoms with van der Waals surface area (Å²) in [5.41, 5.74) is 4.59. The number of benzene rings is 2.